The Morgan fingerprint density at radius 1 is 1.16 bits per heavy atom. The monoisotopic (exact) mass is 434 g/mol. The summed E-state index contributed by atoms with van der Waals surface area (Å²) >= 11 is 0. The molecule has 0 saturated carbocycles. The summed E-state index contributed by atoms with van der Waals surface area (Å²) in [6.45, 7) is -0.00876. The zero-order valence-corrected chi connectivity index (χ0v) is 16.9. The smallest absolute Gasteiger partial charge is 0.296 e. The molecule has 1 aliphatic heterocycles. The number of nitro benzene ring substituents is 1. The zero-order valence-electron chi connectivity index (χ0n) is 16.9. The predicted molar refractivity (Wildman–Crippen MR) is 113 cm³/mol. The molecule has 1 fully saturated rings. The molecular formula is C23H18N2O7. The quantitative estimate of drug-likeness (QED) is 0.206. The molecule has 1 atom stereocenters. The Morgan fingerprint density at radius 3 is 2.62 bits per heavy atom. The second-order valence-corrected chi connectivity index (χ2v) is 7.09. The van der Waals surface area contributed by atoms with E-state index in [2.05, 4.69) is 0 Å². The molecular weight excluding hydrogens is 416 g/mol. The Bertz CT molecular complexity index is 1230. The first-order chi connectivity index (χ1) is 15.4. The first kappa shape index (κ1) is 20.9. The Balaban J connectivity index is 1.89. The average molecular weight is 434 g/mol. The van der Waals surface area contributed by atoms with Crippen LogP contribution in [0, 0.1) is 10.1 Å². The number of methoxy groups -OCH3 is 1. The second-order valence-electron chi connectivity index (χ2n) is 7.09. The topological polar surface area (TPSA) is 123 Å². The molecule has 3 aromatic rings. The van der Waals surface area contributed by atoms with E-state index in [-0.39, 0.29) is 23.4 Å². The number of benzene rings is 2. The van der Waals surface area contributed by atoms with Gasteiger partial charge >= 0.3 is 0 Å². The highest BCUT2D eigenvalue weighted by atomic mass is 16.6. The summed E-state index contributed by atoms with van der Waals surface area (Å²) in [6, 6.07) is 14.4. The highest BCUT2D eigenvalue weighted by Gasteiger charge is 2.46. The van der Waals surface area contributed by atoms with Crippen LogP contribution in [0.2, 0.25) is 0 Å². The molecule has 1 saturated heterocycles. The minimum atomic E-state index is -0.950. The fraction of sp³-hybridized carbons (Fsp3) is 0.130. The number of ketones is 1. The molecule has 9 nitrogen and oxygen atoms in total. The third kappa shape index (κ3) is 3.71. The molecule has 2 aromatic carbocycles. The van der Waals surface area contributed by atoms with Crippen molar-refractivity contribution in [3.8, 4) is 5.75 Å². The molecule has 0 aliphatic carbocycles. The van der Waals surface area contributed by atoms with E-state index in [4.69, 9.17) is 9.15 Å². The lowest BCUT2D eigenvalue weighted by Gasteiger charge is -2.24. The number of furan rings is 1. The Morgan fingerprint density at radius 2 is 1.94 bits per heavy atom. The Hall–Kier alpha value is -4.40. The van der Waals surface area contributed by atoms with E-state index in [0.29, 0.717) is 17.1 Å². The number of ether oxygens (including phenoxy) is 1. The van der Waals surface area contributed by atoms with Gasteiger partial charge in [-0.2, -0.15) is 0 Å². The summed E-state index contributed by atoms with van der Waals surface area (Å²) in [7, 11) is 1.49. The van der Waals surface area contributed by atoms with Crippen LogP contribution in [0.1, 0.15) is 22.9 Å². The Labute approximate surface area is 182 Å². The standard InChI is InChI=1S/C23H18N2O7/c1-31-17-8-3-5-14(12-17)20-19(21(26)15-6-2-7-16(11-15)25(29)30)22(27)23(28)24(20)13-18-9-4-10-32-18/h2-12,20,26H,13H2,1H3/b21-19-. The molecule has 1 N–H and O–H groups in total. The fourth-order valence-corrected chi connectivity index (χ4v) is 3.69. The number of carbonyl (C=O) groups excluding carboxylic acids is 2. The number of hydrogen-bond acceptors (Lipinski definition) is 7. The van der Waals surface area contributed by atoms with E-state index >= 15 is 0 Å². The van der Waals surface area contributed by atoms with Gasteiger partial charge in [-0.1, -0.05) is 24.3 Å². The molecule has 0 spiro atoms. The van der Waals surface area contributed by atoms with Crippen molar-refractivity contribution >= 4 is 23.1 Å². The van der Waals surface area contributed by atoms with E-state index < -0.39 is 28.4 Å². The van der Waals surface area contributed by atoms with E-state index in [9.17, 15) is 24.8 Å². The fourth-order valence-electron chi connectivity index (χ4n) is 3.69. The van der Waals surface area contributed by atoms with Crippen molar-refractivity contribution in [2.45, 2.75) is 12.6 Å². The summed E-state index contributed by atoms with van der Waals surface area (Å²) < 4.78 is 10.6. The van der Waals surface area contributed by atoms with Crippen molar-refractivity contribution in [1.29, 1.82) is 0 Å². The zero-order chi connectivity index (χ0) is 22.8. The van der Waals surface area contributed by atoms with Gasteiger partial charge in [-0.3, -0.25) is 19.7 Å². The third-order valence-electron chi connectivity index (χ3n) is 5.19. The summed E-state index contributed by atoms with van der Waals surface area (Å²) in [5.74, 6) is -1.26. The minimum absolute atomic E-state index is 0.00876. The van der Waals surface area contributed by atoms with Gasteiger partial charge < -0.3 is 19.2 Å². The molecule has 1 aromatic heterocycles. The van der Waals surface area contributed by atoms with Gasteiger partial charge in [0.2, 0.25) is 0 Å². The number of aliphatic hydroxyl groups is 1. The highest BCUT2D eigenvalue weighted by molar-refractivity contribution is 6.46. The van der Waals surface area contributed by atoms with Crippen LogP contribution in [-0.2, 0) is 16.1 Å². The molecule has 1 aliphatic rings. The highest BCUT2D eigenvalue weighted by Crippen LogP contribution is 2.41. The van der Waals surface area contributed by atoms with Crippen molar-refractivity contribution in [1.82, 2.24) is 4.90 Å². The molecule has 0 bridgehead atoms. The first-order valence-corrected chi connectivity index (χ1v) is 9.60. The van der Waals surface area contributed by atoms with Crippen LogP contribution in [-0.4, -0.2) is 33.7 Å². The van der Waals surface area contributed by atoms with Crippen LogP contribution in [0.25, 0.3) is 5.76 Å². The van der Waals surface area contributed by atoms with Crippen molar-refractivity contribution in [2.24, 2.45) is 0 Å². The van der Waals surface area contributed by atoms with Gasteiger partial charge in [0.25, 0.3) is 17.4 Å². The number of hydrogen-bond donors (Lipinski definition) is 1. The number of nitrogens with zero attached hydrogens (tertiary/aromatic N) is 2. The first-order valence-electron chi connectivity index (χ1n) is 9.60. The second kappa shape index (κ2) is 8.38. The maximum atomic E-state index is 13.0. The van der Waals surface area contributed by atoms with Crippen LogP contribution in [0.15, 0.2) is 76.9 Å². The van der Waals surface area contributed by atoms with E-state index in [0.717, 1.165) is 6.07 Å². The van der Waals surface area contributed by atoms with Crippen LogP contribution < -0.4 is 4.74 Å². The van der Waals surface area contributed by atoms with Gasteiger partial charge in [0, 0.05) is 17.7 Å². The van der Waals surface area contributed by atoms with Gasteiger partial charge in [0.15, 0.2) is 0 Å². The van der Waals surface area contributed by atoms with Crippen molar-refractivity contribution in [3.63, 3.8) is 0 Å². The van der Waals surface area contributed by atoms with Gasteiger partial charge in [-0.25, -0.2) is 0 Å². The van der Waals surface area contributed by atoms with E-state index in [1.807, 2.05) is 0 Å². The Kier molecular flexibility index (Phi) is 5.46. The summed E-state index contributed by atoms with van der Waals surface area (Å²) in [5.41, 5.74) is 0.164. The summed E-state index contributed by atoms with van der Waals surface area (Å²) in [6.07, 6.45) is 1.45. The molecule has 0 radical (unpaired) electrons. The molecule has 4 rings (SSSR count). The number of aliphatic hydroxyl groups excluding tert-OH is 1. The molecule has 9 heteroatoms. The van der Waals surface area contributed by atoms with Crippen molar-refractivity contribution < 1.29 is 28.8 Å². The number of likely N-dealkylation sites (tertiary alicyclic amines) is 1. The maximum absolute atomic E-state index is 13.0. The molecule has 32 heavy (non-hydrogen) atoms. The number of non-ortho nitro benzene ring substituents is 1. The van der Waals surface area contributed by atoms with Gasteiger partial charge in [-0.05, 0) is 29.8 Å². The van der Waals surface area contributed by atoms with Crippen molar-refractivity contribution in [2.75, 3.05) is 7.11 Å². The summed E-state index contributed by atoms with van der Waals surface area (Å²) in [4.78, 5) is 37.8. The van der Waals surface area contributed by atoms with E-state index in [1.165, 1.54) is 36.5 Å². The minimum Gasteiger partial charge on any atom is -0.507 e. The SMILES string of the molecule is COc1cccc(C2/C(=C(/O)c3cccc([N+](=O)[O-])c3)C(=O)C(=O)N2Cc2ccco2)c1. The number of Topliss-reactive ketones (excluding diaryl/α,β-unsaturated/α-hetero) is 1. The lowest BCUT2D eigenvalue weighted by atomic mass is 9.95. The number of rotatable bonds is 6. The van der Waals surface area contributed by atoms with Crippen LogP contribution in [0.4, 0.5) is 5.69 Å². The average Bonchev–Trinajstić information content (AvgIpc) is 3.41. The third-order valence-corrected chi connectivity index (χ3v) is 5.19. The van der Waals surface area contributed by atoms with Gasteiger partial charge in [0.05, 0.1) is 36.5 Å². The lowest BCUT2D eigenvalue weighted by molar-refractivity contribution is -0.384. The predicted octanol–water partition coefficient (Wildman–Crippen LogP) is 3.82. The largest absolute Gasteiger partial charge is 0.507 e. The van der Waals surface area contributed by atoms with Crippen LogP contribution in [0.5, 0.6) is 5.75 Å². The molecule has 2 heterocycles. The maximum Gasteiger partial charge on any atom is 0.296 e. The number of nitro groups is 1. The molecule has 162 valence electrons. The van der Waals surface area contributed by atoms with Crippen LogP contribution in [0.3, 0.4) is 0 Å². The summed E-state index contributed by atoms with van der Waals surface area (Å²) in [5, 5.41) is 22.2. The number of carbonyl (C=O) groups is 2. The van der Waals surface area contributed by atoms with Gasteiger partial charge in [-0.15, -0.1) is 0 Å². The van der Waals surface area contributed by atoms with Crippen molar-refractivity contribution in [3.05, 3.63) is 99.5 Å². The molecule has 1 unspecified atom stereocenters. The van der Waals surface area contributed by atoms with Crippen LogP contribution >= 0.6 is 0 Å². The normalized spacial score (nSPS) is 17.5. The molecule has 1 amide bonds. The van der Waals surface area contributed by atoms with Gasteiger partial charge in [0.1, 0.15) is 17.3 Å². The lowest BCUT2D eigenvalue weighted by Crippen LogP contribution is -2.29. The van der Waals surface area contributed by atoms with E-state index in [1.54, 1.807) is 36.4 Å². The number of amides is 1.